The largest absolute Gasteiger partial charge is 0.494 e. The van der Waals surface area contributed by atoms with Gasteiger partial charge in [0.05, 0.1) is 13.2 Å². The summed E-state index contributed by atoms with van der Waals surface area (Å²) >= 11 is 0. The van der Waals surface area contributed by atoms with Crippen LogP contribution < -0.4 is 4.74 Å². The van der Waals surface area contributed by atoms with Crippen LogP contribution in [0.25, 0.3) is 5.69 Å². The minimum absolute atomic E-state index is 0.151. The summed E-state index contributed by atoms with van der Waals surface area (Å²) in [6.07, 6.45) is 1.94. The van der Waals surface area contributed by atoms with E-state index in [-0.39, 0.29) is 5.91 Å². The van der Waals surface area contributed by atoms with Crippen molar-refractivity contribution < 1.29 is 14.6 Å². The summed E-state index contributed by atoms with van der Waals surface area (Å²) < 4.78 is 6.99. The maximum atomic E-state index is 12.4. The Labute approximate surface area is 128 Å². The van der Waals surface area contributed by atoms with Crippen LogP contribution in [0.15, 0.2) is 30.5 Å². The second-order valence-corrected chi connectivity index (χ2v) is 5.51. The van der Waals surface area contributed by atoms with Crippen LogP contribution in [0, 0.1) is 6.92 Å². The van der Waals surface area contributed by atoms with Crippen LogP contribution in [0.1, 0.15) is 22.5 Å². The molecule has 6 nitrogen and oxygen atoms in total. The van der Waals surface area contributed by atoms with Crippen molar-refractivity contribution in [2.24, 2.45) is 0 Å². The number of carbonyl (C=O) groups is 1. The monoisotopic (exact) mass is 301 g/mol. The summed E-state index contributed by atoms with van der Waals surface area (Å²) in [5.74, 6) is 0.547. The van der Waals surface area contributed by atoms with Gasteiger partial charge in [-0.05, 0) is 37.1 Å². The molecule has 1 amide bonds. The van der Waals surface area contributed by atoms with Crippen molar-refractivity contribution in [1.82, 2.24) is 14.7 Å². The van der Waals surface area contributed by atoms with Gasteiger partial charge in [-0.1, -0.05) is 6.07 Å². The number of ether oxygens (including phenoxy) is 1. The lowest BCUT2D eigenvalue weighted by atomic mass is 10.2. The third-order valence-electron chi connectivity index (χ3n) is 3.84. The number of β-amino-alcohol motifs (C(OH)–C–C–N with tert-alkyl or cyclic N) is 1. The van der Waals surface area contributed by atoms with Crippen molar-refractivity contribution in [3.63, 3.8) is 0 Å². The minimum atomic E-state index is -0.428. The molecule has 0 unspecified atom stereocenters. The first-order valence-electron chi connectivity index (χ1n) is 7.26. The minimum Gasteiger partial charge on any atom is -0.494 e. The number of amides is 1. The molecule has 22 heavy (non-hydrogen) atoms. The Hall–Kier alpha value is -2.34. The van der Waals surface area contributed by atoms with Gasteiger partial charge in [0, 0.05) is 19.3 Å². The van der Waals surface area contributed by atoms with Gasteiger partial charge in [-0.25, -0.2) is 4.68 Å². The molecule has 1 aromatic carbocycles. The molecular formula is C16H19N3O3. The van der Waals surface area contributed by atoms with E-state index in [0.29, 0.717) is 31.0 Å². The van der Waals surface area contributed by atoms with Gasteiger partial charge in [-0.2, -0.15) is 5.10 Å². The van der Waals surface area contributed by atoms with Crippen LogP contribution in [0.2, 0.25) is 0 Å². The third kappa shape index (κ3) is 2.69. The average Bonchev–Trinajstić information content (AvgIpc) is 3.15. The lowest BCUT2D eigenvalue weighted by molar-refractivity contribution is 0.0758. The molecule has 1 aliphatic rings. The molecule has 0 saturated carbocycles. The normalized spacial score (nSPS) is 17.8. The molecule has 1 atom stereocenters. The van der Waals surface area contributed by atoms with E-state index in [1.54, 1.807) is 29.0 Å². The molecule has 2 aromatic rings. The zero-order valence-corrected chi connectivity index (χ0v) is 12.7. The Kier molecular flexibility index (Phi) is 3.85. The molecule has 0 bridgehead atoms. The van der Waals surface area contributed by atoms with Gasteiger partial charge in [0.1, 0.15) is 11.4 Å². The van der Waals surface area contributed by atoms with Crippen molar-refractivity contribution in [3.8, 4) is 11.4 Å². The first-order valence-corrected chi connectivity index (χ1v) is 7.26. The van der Waals surface area contributed by atoms with Gasteiger partial charge in [-0.3, -0.25) is 4.79 Å². The van der Waals surface area contributed by atoms with E-state index in [1.807, 2.05) is 25.1 Å². The predicted octanol–water partition coefficient (Wildman–Crippen LogP) is 1.40. The number of likely N-dealkylation sites (tertiary alicyclic amines) is 1. The van der Waals surface area contributed by atoms with Crippen molar-refractivity contribution in [2.75, 3.05) is 20.2 Å². The molecule has 1 fully saturated rings. The summed E-state index contributed by atoms with van der Waals surface area (Å²) in [6.45, 7) is 2.93. The molecule has 1 saturated heterocycles. The summed E-state index contributed by atoms with van der Waals surface area (Å²) in [5, 5.41) is 13.9. The average molecular weight is 301 g/mol. The molecule has 116 valence electrons. The van der Waals surface area contributed by atoms with Crippen molar-refractivity contribution >= 4 is 5.91 Å². The molecule has 3 rings (SSSR count). The van der Waals surface area contributed by atoms with Crippen LogP contribution in [0.5, 0.6) is 5.75 Å². The highest BCUT2D eigenvalue weighted by Crippen LogP contribution is 2.24. The molecule has 0 aliphatic carbocycles. The van der Waals surface area contributed by atoms with Crippen molar-refractivity contribution in [1.29, 1.82) is 0 Å². The maximum absolute atomic E-state index is 12.4. The Morgan fingerprint density at radius 3 is 2.91 bits per heavy atom. The van der Waals surface area contributed by atoms with Crippen molar-refractivity contribution in [2.45, 2.75) is 19.4 Å². The summed E-state index contributed by atoms with van der Waals surface area (Å²) in [7, 11) is 1.61. The second kappa shape index (κ2) is 5.81. The fraction of sp³-hybridized carbons (Fsp3) is 0.375. The van der Waals surface area contributed by atoms with E-state index < -0.39 is 6.10 Å². The van der Waals surface area contributed by atoms with E-state index >= 15 is 0 Å². The summed E-state index contributed by atoms with van der Waals surface area (Å²) in [4.78, 5) is 14.0. The number of carbonyl (C=O) groups excluding carboxylic acids is 1. The fourth-order valence-corrected chi connectivity index (χ4v) is 2.64. The zero-order valence-electron chi connectivity index (χ0n) is 12.7. The highest BCUT2D eigenvalue weighted by atomic mass is 16.5. The Morgan fingerprint density at radius 1 is 1.41 bits per heavy atom. The number of methoxy groups -OCH3 is 1. The van der Waals surface area contributed by atoms with E-state index in [4.69, 9.17) is 4.74 Å². The molecule has 6 heteroatoms. The van der Waals surface area contributed by atoms with Gasteiger partial charge >= 0.3 is 0 Å². The molecule has 1 aromatic heterocycles. The molecule has 0 spiro atoms. The lowest BCUT2D eigenvalue weighted by Crippen LogP contribution is -2.29. The quantitative estimate of drug-likeness (QED) is 0.930. The predicted molar refractivity (Wildman–Crippen MR) is 81.4 cm³/mol. The smallest absolute Gasteiger partial charge is 0.274 e. The number of hydrogen-bond acceptors (Lipinski definition) is 4. The van der Waals surface area contributed by atoms with Gasteiger partial charge in [0.25, 0.3) is 5.91 Å². The Morgan fingerprint density at radius 2 is 2.23 bits per heavy atom. The number of hydrogen-bond donors (Lipinski definition) is 1. The van der Waals surface area contributed by atoms with Gasteiger partial charge in [0.2, 0.25) is 0 Å². The topological polar surface area (TPSA) is 67.6 Å². The van der Waals surface area contributed by atoms with Gasteiger partial charge < -0.3 is 14.7 Å². The van der Waals surface area contributed by atoms with Crippen molar-refractivity contribution in [3.05, 3.63) is 41.7 Å². The van der Waals surface area contributed by atoms with Crippen LogP contribution in [-0.2, 0) is 0 Å². The third-order valence-corrected chi connectivity index (χ3v) is 3.84. The van der Waals surface area contributed by atoms with E-state index in [2.05, 4.69) is 5.10 Å². The number of nitrogens with zero attached hydrogens (tertiary/aromatic N) is 3. The molecule has 2 heterocycles. The van der Waals surface area contributed by atoms with Crippen LogP contribution >= 0.6 is 0 Å². The highest BCUT2D eigenvalue weighted by Gasteiger charge is 2.26. The second-order valence-electron chi connectivity index (χ2n) is 5.51. The molecular weight excluding hydrogens is 282 g/mol. The summed E-state index contributed by atoms with van der Waals surface area (Å²) in [6, 6.07) is 7.49. The number of aliphatic hydroxyl groups excluding tert-OH is 1. The standard InChI is InChI=1S/C16H19N3O3/c1-11-3-4-15(22-2)14(9-11)19-8-6-13(17-19)16(21)18-7-5-12(20)10-18/h3-4,6,8-9,12,20H,5,7,10H2,1-2H3/t12-/m0/s1. The highest BCUT2D eigenvalue weighted by molar-refractivity contribution is 5.92. The van der Waals surface area contributed by atoms with Gasteiger partial charge in [0.15, 0.2) is 5.69 Å². The molecule has 0 radical (unpaired) electrons. The van der Waals surface area contributed by atoms with E-state index in [0.717, 1.165) is 11.3 Å². The zero-order chi connectivity index (χ0) is 15.7. The lowest BCUT2D eigenvalue weighted by Gasteiger charge is -2.13. The molecule has 1 aliphatic heterocycles. The van der Waals surface area contributed by atoms with Crippen LogP contribution in [-0.4, -0.2) is 52.0 Å². The number of aliphatic hydroxyl groups is 1. The summed E-state index contributed by atoms with van der Waals surface area (Å²) in [5.41, 5.74) is 2.25. The number of benzene rings is 1. The first-order chi connectivity index (χ1) is 10.6. The molecule has 1 N–H and O–H groups in total. The number of aromatic nitrogens is 2. The first kappa shape index (κ1) is 14.6. The van der Waals surface area contributed by atoms with E-state index in [1.165, 1.54) is 0 Å². The SMILES string of the molecule is COc1ccc(C)cc1-n1ccc(C(=O)N2CC[C@H](O)C2)n1. The Balaban J connectivity index is 1.88. The van der Waals surface area contributed by atoms with Crippen LogP contribution in [0.3, 0.4) is 0 Å². The van der Waals surface area contributed by atoms with E-state index in [9.17, 15) is 9.90 Å². The van der Waals surface area contributed by atoms with Gasteiger partial charge in [-0.15, -0.1) is 0 Å². The fourth-order valence-electron chi connectivity index (χ4n) is 2.64. The van der Waals surface area contributed by atoms with Crippen LogP contribution in [0.4, 0.5) is 0 Å². The number of aryl methyl sites for hydroxylation is 1. The number of rotatable bonds is 3. The maximum Gasteiger partial charge on any atom is 0.274 e. The Bertz CT molecular complexity index is 696.